The van der Waals surface area contributed by atoms with Crippen molar-refractivity contribution < 1.29 is 10.0 Å². The minimum Gasteiger partial charge on any atom is -0.423 e. The molecule has 0 aromatic carbocycles. The molecule has 3 heteroatoms. The van der Waals surface area contributed by atoms with Crippen molar-refractivity contribution in [1.82, 2.24) is 0 Å². The van der Waals surface area contributed by atoms with Crippen LogP contribution in [-0.4, -0.2) is 17.2 Å². The van der Waals surface area contributed by atoms with Gasteiger partial charge in [-0.3, -0.25) is 0 Å². The Hall–Kier alpha value is -1.32. The Morgan fingerprint density at radius 2 is 1.62 bits per heavy atom. The fourth-order valence-electron chi connectivity index (χ4n) is 1.46. The van der Waals surface area contributed by atoms with E-state index in [2.05, 4.69) is 0 Å². The van der Waals surface area contributed by atoms with Crippen LogP contribution in [0.1, 0.15) is 0 Å². The molecule has 64 valence electrons. The summed E-state index contributed by atoms with van der Waals surface area (Å²) in [7, 11) is -1.39. The van der Waals surface area contributed by atoms with E-state index in [4.69, 9.17) is 10.0 Å². The predicted molar refractivity (Wildman–Crippen MR) is 52.9 cm³/mol. The van der Waals surface area contributed by atoms with Gasteiger partial charge >= 0.3 is 7.12 Å². The first-order valence-corrected chi connectivity index (χ1v) is 4.13. The first kappa shape index (κ1) is 8.29. The highest BCUT2D eigenvalue weighted by molar-refractivity contribution is 6.60. The van der Waals surface area contributed by atoms with Crippen LogP contribution in [0.4, 0.5) is 0 Å². The maximum atomic E-state index is 9.05. The van der Waals surface area contributed by atoms with Gasteiger partial charge < -0.3 is 10.0 Å². The fraction of sp³-hybridized carbons (Fsp3) is 0. The van der Waals surface area contributed by atoms with E-state index in [1.807, 2.05) is 36.4 Å². The maximum Gasteiger partial charge on any atom is 0.489 e. The van der Waals surface area contributed by atoms with Crippen molar-refractivity contribution in [3.05, 3.63) is 42.5 Å². The average Bonchev–Trinajstić information content (AvgIpc) is 2.36. The van der Waals surface area contributed by atoms with Crippen LogP contribution in [0.5, 0.6) is 0 Å². The molecule has 2 nitrogen and oxygen atoms in total. The predicted octanol–water partition coefficient (Wildman–Crippen LogP) is 0.471. The zero-order chi connectivity index (χ0) is 9.26. The highest BCUT2D eigenvalue weighted by Gasteiger charge is 2.17. The third-order valence-corrected chi connectivity index (χ3v) is 2.10. The molecule has 0 saturated carbocycles. The summed E-state index contributed by atoms with van der Waals surface area (Å²) in [5, 5.41) is 18.1. The second-order valence-electron chi connectivity index (χ2n) is 2.94. The highest BCUT2D eigenvalue weighted by Crippen LogP contribution is 2.18. The SMILES string of the molecule is OB(O)c1ccc2cccccc1-2. The second-order valence-corrected chi connectivity index (χ2v) is 2.94. The molecule has 2 aliphatic rings. The molecule has 0 aromatic rings. The Kier molecular flexibility index (Phi) is 2.04. The van der Waals surface area contributed by atoms with Crippen LogP contribution in [0, 0.1) is 0 Å². The molecule has 0 heterocycles. The second kappa shape index (κ2) is 3.20. The van der Waals surface area contributed by atoms with Crippen LogP contribution in [0.2, 0.25) is 0 Å². The molecule has 0 saturated heterocycles. The van der Waals surface area contributed by atoms with Crippen molar-refractivity contribution in [3.8, 4) is 11.1 Å². The molecule has 0 radical (unpaired) electrons. The summed E-state index contributed by atoms with van der Waals surface area (Å²) in [5.41, 5.74) is 2.47. The number of hydrogen-bond donors (Lipinski definition) is 2. The normalized spacial score (nSPS) is 10.3. The van der Waals surface area contributed by atoms with Crippen LogP contribution < -0.4 is 5.46 Å². The van der Waals surface area contributed by atoms with Gasteiger partial charge in [-0.2, -0.15) is 0 Å². The van der Waals surface area contributed by atoms with Gasteiger partial charge in [-0.1, -0.05) is 42.5 Å². The standard InChI is InChI=1S/C10H9BO2/c12-11(13)10-7-6-8-4-2-1-3-5-9(8)10/h1-7,12-13H. The van der Waals surface area contributed by atoms with Gasteiger partial charge in [0.2, 0.25) is 0 Å². The van der Waals surface area contributed by atoms with Crippen molar-refractivity contribution in [2.45, 2.75) is 0 Å². The molecule has 0 spiro atoms. The first-order valence-electron chi connectivity index (χ1n) is 4.13. The van der Waals surface area contributed by atoms with Crippen LogP contribution >= 0.6 is 0 Å². The molecule has 2 aliphatic carbocycles. The van der Waals surface area contributed by atoms with Gasteiger partial charge in [-0.15, -0.1) is 0 Å². The molecule has 0 amide bonds. The van der Waals surface area contributed by atoms with Crippen molar-refractivity contribution in [2.24, 2.45) is 0 Å². The lowest BCUT2D eigenvalue weighted by molar-refractivity contribution is 0.426. The van der Waals surface area contributed by atoms with Crippen molar-refractivity contribution >= 4 is 12.6 Å². The summed E-state index contributed by atoms with van der Waals surface area (Å²) in [6.45, 7) is 0. The number of hydrogen-bond acceptors (Lipinski definition) is 2. The number of rotatable bonds is 1. The van der Waals surface area contributed by atoms with Crippen LogP contribution in [-0.2, 0) is 0 Å². The minimum atomic E-state index is -1.39. The Morgan fingerprint density at radius 3 is 2.38 bits per heavy atom. The molecule has 0 bridgehead atoms. The van der Waals surface area contributed by atoms with Crippen molar-refractivity contribution in [2.75, 3.05) is 0 Å². The average molecular weight is 172 g/mol. The van der Waals surface area contributed by atoms with E-state index < -0.39 is 7.12 Å². The Balaban J connectivity index is 2.62. The Bertz CT molecular complexity index is 387. The van der Waals surface area contributed by atoms with E-state index in [9.17, 15) is 0 Å². The molecule has 2 rings (SSSR count). The summed E-state index contributed by atoms with van der Waals surface area (Å²) >= 11 is 0. The third-order valence-electron chi connectivity index (χ3n) is 2.10. The Labute approximate surface area is 76.9 Å². The molecule has 0 aromatic heterocycles. The van der Waals surface area contributed by atoms with Gasteiger partial charge in [0.25, 0.3) is 0 Å². The van der Waals surface area contributed by atoms with Gasteiger partial charge in [-0.05, 0) is 16.6 Å². The lowest BCUT2D eigenvalue weighted by atomic mass is 9.79. The fourth-order valence-corrected chi connectivity index (χ4v) is 1.46. The topological polar surface area (TPSA) is 40.5 Å². The first-order chi connectivity index (χ1) is 6.29. The highest BCUT2D eigenvalue weighted by atomic mass is 16.4. The Morgan fingerprint density at radius 1 is 0.846 bits per heavy atom. The van der Waals surface area contributed by atoms with E-state index in [-0.39, 0.29) is 0 Å². The lowest BCUT2D eigenvalue weighted by Crippen LogP contribution is -2.29. The summed E-state index contributed by atoms with van der Waals surface area (Å²) < 4.78 is 0. The zero-order valence-corrected chi connectivity index (χ0v) is 7.01. The van der Waals surface area contributed by atoms with Crippen LogP contribution in [0.15, 0.2) is 42.5 Å². The molecule has 0 unspecified atom stereocenters. The van der Waals surface area contributed by atoms with E-state index in [1.54, 1.807) is 6.07 Å². The molecular formula is C10H9BO2. The molecule has 0 atom stereocenters. The van der Waals surface area contributed by atoms with Gasteiger partial charge in [0.15, 0.2) is 0 Å². The molecule has 2 N–H and O–H groups in total. The van der Waals surface area contributed by atoms with Gasteiger partial charge in [-0.25, -0.2) is 0 Å². The largest absolute Gasteiger partial charge is 0.489 e. The van der Waals surface area contributed by atoms with Gasteiger partial charge in [0.05, 0.1) is 0 Å². The summed E-state index contributed by atoms with van der Waals surface area (Å²) in [4.78, 5) is 0. The van der Waals surface area contributed by atoms with E-state index in [1.165, 1.54) is 0 Å². The smallest absolute Gasteiger partial charge is 0.423 e. The molecule has 13 heavy (non-hydrogen) atoms. The van der Waals surface area contributed by atoms with E-state index in [0.717, 1.165) is 11.1 Å². The zero-order valence-electron chi connectivity index (χ0n) is 7.01. The summed E-state index contributed by atoms with van der Waals surface area (Å²) in [6, 6.07) is 13.2. The lowest BCUT2D eigenvalue weighted by Gasteiger charge is -1.98. The quantitative estimate of drug-likeness (QED) is 0.613. The minimum absolute atomic E-state index is 0.561. The monoisotopic (exact) mass is 172 g/mol. The molecular weight excluding hydrogens is 163 g/mol. The van der Waals surface area contributed by atoms with Crippen LogP contribution in [0.3, 0.4) is 0 Å². The third kappa shape index (κ3) is 1.44. The maximum absolute atomic E-state index is 9.05. The van der Waals surface area contributed by atoms with E-state index in [0.29, 0.717) is 5.46 Å². The van der Waals surface area contributed by atoms with Gasteiger partial charge in [0, 0.05) is 0 Å². The summed E-state index contributed by atoms with van der Waals surface area (Å²) in [6.07, 6.45) is 0. The summed E-state index contributed by atoms with van der Waals surface area (Å²) in [5.74, 6) is 0. The van der Waals surface area contributed by atoms with Crippen molar-refractivity contribution in [1.29, 1.82) is 0 Å². The van der Waals surface area contributed by atoms with E-state index >= 15 is 0 Å². The van der Waals surface area contributed by atoms with Gasteiger partial charge in [0.1, 0.15) is 0 Å². The number of fused-ring (bicyclic) bond motifs is 1. The molecule has 0 aliphatic heterocycles. The molecule has 0 fully saturated rings. The van der Waals surface area contributed by atoms with Crippen LogP contribution in [0.25, 0.3) is 11.1 Å². The van der Waals surface area contributed by atoms with Crippen molar-refractivity contribution in [3.63, 3.8) is 0 Å².